The first kappa shape index (κ1) is 17.3. The summed E-state index contributed by atoms with van der Waals surface area (Å²) in [5.74, 6) is 0.228. The highest BCUT2D eigenvalue weighted by Gasteiger charge is 2.29. The number of aromatic nitrogens is 2. The molecule has 3 rings (SSSR count). The van der Waals surface area contributed by atoms with E-state index in [1.807, 2.05) is 18.2 Å². The molecule has 132 valence electrons. The lowest BCUT2D eigenvalue weighted by Gasteiger charge is -2.10. The normalized spacial score (nSPS) is 18.6. The number of anilines is 1. The van der Waals surface area contributed by atoms with Crippen LogP contribution in [0, 0.1) is 0 Å². The van der Waals surface area contributed by atoms with Crippen molar-refractivity contribution in [2.45, 2.75) is 18.9 Å². The first-order valence-corrected chi connectivity index (χ1v) is 9.95. The summed E-state index contributed by atoms with van der Waals surface area (Å²) in [6.45, 7) is 0.690. The minimum atomic E-state index is -3.02. The zero-order chi connectivity index (χ0) is 17.7. The molecule has 25 heavy (non-hydrogen) atoms. The van der Waals surface area contributed by atoms with E-state index in [0.717, 1.165) is 6.42 Å². The third kappa shape index (κ3) is 4.99. The number of hydrogen-bond acceptors (Lipinski definition) is 6. The van der Waals surface area contributed by atoms with E-state index >= 15 is 0 Å². The van der Waals surface area contributed by atoms with E-state index in [-0.39, 0.29) is 23.5 Å². The Hall–Kier alpha value is -2.48. The average molecular weight is 360 g/mol. The topological polar surface area (TPSA) is 101 Å². The van der Waals surface area contributed by atoms with Gasteiger partial charge >= 0.3 is 0 Å². The number of benzene rings is 1. The van der Waals surface area contributed by atoms with Crippen LogP contribution in [0.25, 0.3) is 0 Å². The van der Waals surface area contributed by atoms with Gasteiger partial charge in [-0.1, -0.05) is 30.3 Å². The summed E-state index contributed by atoms with van der Waals surface area (Å²) in [7, 11) is -3.02. The zero-order valence-electron chi connectivity index (χ0n) is 13.7. The number of amides is 1. The molecule has 7 nitrogen and oxygen atoms in total. The molecule has 0 saturated carbocycles. The van der Waals surface area contributed by atoms with Crippen LogP contribution in [0.2, 0.25) is 0 Å². The van der Waals surface area contributed by atoms with E-state index in [1.165, 1.54) is 18.0 Å². The Morgan fingerprint density at radius 1 is 1.16 bits per heavy atom. The monoisotopic (exact) mass is 360 g/mol. The SMILES string of the molecule is O=C(NC1CCS(=O)(=O)C1)c1cnc(NCCc2ccccc2)nc1. The van der Waals surface area contributed by atoms with Gasteiger partial charge in [0.1, 0.15) is 0 Å². The van der Waals surface area contributed by atoms with E-state index < -0.39 is 9.84 Å². The van der Waals surface area contributed by atoms with Gasteiger partial charge in [0.25, 0.3) is 5.91 Å². The highest BCUT2D eigenvalue weighted by atomic mass is 32.2. The molecule has 8 heteroatoms. The fraction of sp³-hybridized carbons (Fsp3) is 0.353. The molecule has 1 amide bonds. The first-order valence-electron chi connectivity index (χ1n) is 8.13. The fourth-order valence-electron chi connectivity index (χ4n) is 2.68. The van der Waals surface area contributed by atoms with Gasteiger partial charge in [0.2, 0.25) is 5.95 Å². The van der Waals surface area contributed by atoms with Gasteiger partial charge in [-0.3, -0.25) is 4.79 Å². The summed E-state index contributed by atoms with van der Waals surface area (Å²) in [5.41, 5.74) is 1.54. The Balaban J connectivity index is 1.49. The Labute approximate surface area is 146 Å². The van der Waals surface area contributed by atoms with Gasteiger partial charge in [-0.15, -0.1) is 0 Å². The Morgan fingerprint density at radius 2 is 1.88 bits per heavy atom. The summed E-state index contributed by atoms with van der Waals surface area (Å²) < 4.78 is 22.8. The van der Waals surface area contributed by atoms with E-state index in [4.69, 9.17) is 0 Å². The van der Waals surface area contributed by atoms with Crippen LogP contribution < -0.4 is 10.6 Å². The van der Waals surface area contributed by atoms with Crippen molar-refractivity contribution in [3.63, 3.8) is 0 Å². The van der Waals surface area contributed by atoms with Gasteiger partial charge in [0.05, 0.1) is 17.1 Å². The molecular formula is C17H20N4O3S. The highest BCUT2D eigenvalue weighted by Crippen LogP contribution is 2.12. The third-order valence-electron chi connectivity index (χ3n) is 4.02. The lowest BCUT2D eigenvalue weighted by molar-refractivity contribution is 0.0940. The number of rotatable bonds is 6. The number of sulfone groups is 1. The summed E-state index contributed by atoms with van der Waals surface area (Å²) in [5, 5.41) is 5.83. The molecule has 1 atom stereocenters. The summed E-state index contributed by atoms with van der Waals surface area (Å²) in [6.07, 6.45) is 4.18. The average Bonchev–Trinajstić information content (AvgIpc) is 2.95. The van der Waals surface area contributed by atoms with Crippen LogP contribution in [0.5, 0.6) is 0 Å². The van der Waals surface area contributed by atoms with Crippen molar-refractivity contribution in [1.29, 1.82) is 0 Å². The number of nitrogens with one attached hydrogen (secondary N) is 2. The minimum Gasteiger partial charge on any atom is -0.354 e. The summed E-state index contributed by atoms with van der Waals surface area (Å²) in [6, 6.07) is 9.74. The van der Waals surface area contributed by atoms with Gasteiger partial charge in [0, 0.05) is 25.0 Å². The van der Waals surface area contributed by atoms with Crippen LogP contribution >= 0.6 is 0 Å². The molecule has 1 unspecified atom stereocenters. The van der Waals surface area contributed by atoms with E-state index in [1.54, 1.807) is 0 Å². The summed E-state index contributed by atoms with van der Waals surface area (Å²) >= 11 is 0. The molecule has 1 saturated heterocycles. The molecule has 2 N–H and O–H groups in total. The van der Waals surface area contributed by atoms with E-state index in [2.05, 4.69) is 32.7 Å². The lowest BCUT2D eigenvalue weighted by Crippen LogP contribution is -2.35. The minimum absolute atomic E-state index is 0.00127. The number of nitrogens with zero attached hydrogens (tertiary/aromatic N) is 2. The molecule has 1 aliphatic heterocycles. The summed E-state index contributed by atoms with van der Waals surface area (Å²) in [4.78, 5) is 20.4. The number of carbonyl (C=O) groups excluding carboxylic acids is 1. The van der Waals surface area contributed by atoms with Crippen LogP contribution in [0.3, 0.4) is 0 Å². The largest absolute Gasteiger partial charge is 0.354 e. The Kier molecular flexibility index (Phi) is 5.28. The molecule has 0 radical (unpaired) electrons. The molecule has 0 spiro atoms. The molecule has 2 heterocycles. The van der Waals surface area contributed by atoms with Crippen LogP contribution in [0.4, 0.5) is 5.95 Å². The van der Waals surface area contributed by atoms with E-state index in [9.17, 15) is 13.2 Å². The molecule has 1 aromatic heterocycles. The highest BCUT2D eigenvalue weighted by molar-refractivity contribution is 7.91. The molecule has 2 aromatic rings. The van der Waals surface area contributed by atoms with Gasteiger partial charge in [0.15, 0.2) is 9.84 Å². The second kappa shape index (κ2) is 7.60. The van der Waals surface area contributed by atoms with Gasteiger partial charge in [-0.05, 0) is 18.4 Å². The maximum Gasteiger partial charge on any atom is 0.254 e. The maximum absolute atomic E-state index is 12.1. The van der Waals surface area contributed by atoms with Crippen molar-refractivity contribution in [1.82, 2.24) is 15.3 Å². The molecule has 1 fully saturated rings. The van der Waals surface area contributed by atoms with Gasteiger partial charge in [-0.25, -0.2) is 18.4 Å². The van der Waals surface area contributed by atoms with Gasteiger partial charge < -0.3 is 10.6 Å². The van der Waals surface area contributed by atoms with Crippen molar-refractivity contribution >= 4 is 21.7 Å². The molecular weight excluding hydrogens is 340 g/mol. The molecule has 0 bridgehead atoms. The molecule has 0 aliphatic carbocycles. The Morgan fingerprint density at radius 3 is 2.52 bits per heavy atom. The predicted octanol–water partition coefficient (Wildman–Crippen LogP) is 1.05. The second-order valence-electron chi connectivity index (χ2n) is 6.03. The second-order valence-corrected chi connectivity index (χ2v) is 8.26. The number of hydrogen-bond donors (Lipinski definition) is 2. The van der Waals surface area contributed by atoms with Crippen molar-refractivity contribution in [2.75, 3.05) is 23.4 Å². The van der Waals surface area contributed by atoms with Crippen molar-refractivity contribution in [3.8, 4) is 0 Å². The van der Waals surface area contributed by atoms with Crippen molar-refractivity contribution < 1.29 is 13.2 Å². The van der Waals surface area contributed by atoms with Crippen molar-refractivity contribution in [3.05, 3.63) is 53.9 Å². The van der Waals surface area contributed by atoms with Crippen LogP contribution in [-0.4, -0.2) is 48.4 Å². The smallest absolute Gasteiger partial charge is 0.254 e. The van der Waals surface area contributed by atoms with E-state index in [0.29, 0.717) is 24.5 Å². The quantitative estimate of drug-likeness (QED) is 0.798. The first-order chi connectivity index (χ1) is 12.0. The molecule has 1 aromatic carbocycles. The standard InChI is InChI=1S/C17H20N4O3S/c22-16(21-15-7-9-25(23,24)12-15)14-10-19-17(20-11-14)18-8-6-13-4-2-1-3-5-13/h1-5,10-11,15H,6-9,12H2,(H,21,22)(H,18,19,20). The third-order valence-corrected chi connectivity index (χ3v) is 5.79. The maximum atomic E-state index is 12.1. The predicted molar refractivity (Wildman–Crippen MR) is 95.2 cm³/mol. The molecule has 1 aliphatic rings. The van der Waals surface area contributed by atoms with Crippen LogP contribution in [0.1, 0.15) is 22.3 Å². The van der Waals surface area contributed by atoms with Crippen LogP contribution in [0.15, 0.2) is 42.7 Å². The van der Waals surface area contributed by atoms with Crippen molar-refractivity contribution in [2.24, 2.45) is 0 Å². The Bertz CT molecular complexity index is 823. The lowest BCUT2D eigenvalue weighted by atomic mass is 10.1. The fourth-order valence-corrected chi connectivity index (χ4v) is 4.35. The van der Waals surface area contributed by atoms with Gasteiger partial charge in [-0.2, -0.15) is 0 Å². The zero-order valence-corrected chi connectivity index (χ0v) is 14.5. The number of carbonyl (C=O) groups is 1. The van der Waals surface area contributed by atoms with Crippen LogP contribution in [-0.2, 0) is 16.3 Å².